The topological polar surface area (TPSA) is 17.1 Å². The summed E-state index contributed by atoms with van der Waals surface area (Å²) in [4.78, 5) is 12.9. The SMILES string of the molecule is CCCCCCC(=O)C1(c2ccccc2)CCCCC1. The number of ketones is 1. The lowest BCUT2D eigenvalue weighted by atomic mass is 9.66. The number of carbonyl (C=O) groups excluding carboxylic acids is 1. The van der Waals surface area contributed by atoms with Gasteiger partial charge in [0, 0.05) is 6.42 Å². The average Bonchev–Trinajstić information content (AvgIpc) is 2.53. The second kappa shape index (κ2) is 7.61. The molecule has 1 aliphatic carbocycles. The van der Waals surface area contributed by atoms with E-state index in [1.165, 1.54) is 44.1 Å². The maximum absolute atomic E-state index is 12.9. The van der Waals surface area contributed by atoms with Crippen LogP contribution in [0.3, 0.4) is 0 Å². The predicted molar refractivity (Wildman–Crippen MR) is 85.0 cm³/mol. The first-order valence-corrected chi connectivity index (χ1v) is 8.38. The minimum absolute atomic E-state index is 0.161. The summed E-state index contributed by atoms with van der Waals surface area (Å²) in [6.07, 6.45) is 11.4. The Morgan fingerprint density at radius 2 is 1.70 bits per heavy atom. The van der Waals surface area contributed by atoms with Crippen molar-refractivity contribution < 1.29 is 4.79 Å². The molecule has 1 fully saturated rings. The van der Waals surface area contributed by atoms with Gasteiger partial charge in [0.15, 0.2) is 0 Å². The maximum Gasteiger partial charge on any atom is 0.143 e. The number of hydrogen-bond acceptors (Lipinski definition) is 1. The van der Waals surface area contributed by atoms with Crippen LogP contribution in [0.25, 0.3) is 0 Å². The number of rotatable bonds is 7. The van der Waals surface area contributed by atoms with Gasteiger partial charge in [0.1, 0.15) is 5.78 Å². The normalized spacial score (nSPS) is 17.9. The van der Waals surface area contributed by atoms with Crippen LogP contribution in [0.4, 0.5) is 0 Å². The summed E-state index contributed by atoms with van der Waals surface area (Å²) in [5.41, 5.74) is 1.10. The van der Waals surface area contributed by atoms with Crippen LogP contribution in [-0.2, 0) is 10.2 Å². The van der Waals surface area contributed by atoms with Gasteiger partial charge < -0.3 is 0 Å². The lowest BCUT2D eigenvalue weighted by Crippen LogP contribution is -2.37. The summed E-state index contributed by atoms with van der Waals surface area (Å²) in [7, 11) is 0. The lowest BCUT2D eigenvalue weighted by Gasteiger charge is -2.36. The second-order valence-corrected chi connectivity index (χ2v) is 6.24. The Balaban J connectivity index is 2.09. The molecule has 0 radical (unpaired) electrons. The van der Waals surface area contributed by atoms with Crippen LogP contribution in [0.5, 0.6) is 0 Å². The van der Waals surface area contributed by atoms with E-state index in [0.29, 0.717) is 5.78 Å². The molecular formula is C19H28O. The molecule has 1 aromatic carbocycles. The monoisotopic (exact) mass is 272 g/mol. The molecule has 20 heavy (non-hydrogen) atoms. The first-order chi connectivity index (χ1) is 9.79. The number of benzene rings is 1. The quantitative estimate of drug-likeness (QED) is 0.605. The minimum atomic E-state index is -0.161. The zero-order chi connectivity index (χ0) is 14.3. The largest absolute Gasteiger partial charge is 0.299 e. The van der Waals surface area contributed by atoms with E-state index < -0.39 is 0 Å². The van der Waals surface area contributed by atoms with Crippen molar-refractivity contribution in [2.24, 2.45) is 0 Å². The molecule has 1 heteroatoms. The van der Waals surface area contributed by atoms with Crippen LogP contribution in [0, 0.1) is 0 Å². The van der Waals surface area contributed by atoms with Crippen LogP contribution >= 0.6 is 0 Å². The number of carbonyl (C=O) groups is 1. The third kappa shape index (κ3) is 3.50. The van der Waals surface area contributed by atoms with Crippen molar-refractivity contribution in [1.82, 2.24) is 0 Å². The molecule has 1 aromatic rings. The molecule has 0 saturated heterocycles. The molecule has 0 heterocycles. The van der Waals surface area contributed by atoms with Crippen LogP contribution in [-0.4, -0.2) is 5.78 Å². The van der Waals surface area contributed by atoms with Crippen LogP contribution in [0.15, 0.2) is 30.3 Å². The summed E-state index contributed by atoms with van der Waals surface area (Å²) in [6.45, 7) is 2.22. The smallest absolute Gasteiger partial charge is 0.143 e. The molecule has 110 valence electrons. The Labute approximate surface area is 123 Å². The highest BCUT2D eigenvalue weighted by Gasteiger charge is 2.39. The summed E-state index contributed by atoms with van der Waals surface area (Å²) in [5.74, 6) is 0.500. The number of unbranched alkanes of at least 4 members (excludes halogenated alkanes) is 3. The fourth-order valence-electron chi connectivity index (χ4n) is 3.59. The predicted octanol–water partition coefficient (Wildman–Crippen LogP) is 5.43. The van der Waals surface area contributed by atoms with E-state index in [9.17, 15) is 4.79 Å². The van der Waals surface area contributed by atoms with Crippen LogP contribution in [0.1, 0.15) is 76.7 Å². The molecule has 1 aliphatic rings. The summed E-state index contributed by atoms with van der Waals surface area (Å²) in [5, 5.41) is 0. The first kappa shape index (κ1) is 15.3. The van der Waals surface area contributed by atoms with E-state index in [-0.39, 0.29) is 5.41 Å². The maximum atomic E-state index is 12.9. The van der Waals surface area contributed by atoms with Gasteiger partial charge in [-0.25, -0.2) is 0 Å². The molecule has 0 aromatic heterocycles. The first-order valence-electron chi connectivity index (χ1n) is 8.38. The highest BCUT2D eigenvalue weighted by molar-refractivity contribution is 5.90. The fraction of sp³-hybridized carbons (Fsp3) is 0.632. The minimum Gasteiger partial charge on any atom is -0.299 e. The van der Waals surface area contributed by atoms with Crippen LogP contribution < -0.4 is 0 Å². The second-order valence-electron chi connectivity index (χ2n) is 6.24. The Morgan fingerprint density at radius 1 is 1.00 bits per heavy atom. The van der Waals surface area contributed by atoms with Crippen molar-refractivity contribution in [2.75, 3.05) is 0 Å². The van der Waals surface area contributed by atoms with Gasteiger partial charge in [-0.1, -0.05) is 75.8 Å². The third-order valence-electron chi connectivity index (χ3n) is 4.82. The van der Waals surface area contributed by atoms with Crippen molar-refractivity contribution in [2.45, 2.75) is 76.5 Å². The highest BCUT2D eigenvalue weighted by Crippen LogP contribution is 2.41. The zero-order valence-corrected chi connectivity index (χ0v) is 12.9. The van der Waals surface area contributed by atoms with Gasteiger partial charge in [-0.3, -0.25) is 4.79 Å². The molecule has 2 rings (SSSR count). The summed E-state index contributed by atoms with van der Waals surface area (Å²) in [6, 6.07) is 10.5. The Hall–Kier alpha value is -1.11. The van der Waals surface area contributed by atoms with Gasteiger partial charge in [0.25, 0.3) is 0 Å². The fourth-order valence-corrected chi connectivity index (χ4v) is 3.59. The van der Waals surface area contributed by atoms with Gasteiger partial charge >= 0.3 is 0 Å². The molecule has 0 spiro atoms. The molecular weight excluding hydrogens is 244 g/mol. The highest BCUT2D eigenvalue weighted by atomic mass is 16.1. The average molecular weight is 272 g/mol. The number of Topliss-reactive ketones (excluding diaryl/α,β-unsaturated/α-hetero) is 1. The van der Waals surface area contributed by atoms with Crippen molar-refractivity contribution >= 4 is 5.78 Å². The molecule has 0 bridgehead atoms. The Bertz CT molecular complexity index is 401. The van der Waals surface area contributed by atoms with E-state index in [4.69, 9.17) is 0 Å². The molecule has 0 aliphatic heterocycles. The van der Waals surface area contributed by atoms with Crippen molar-refractivity contribution in [3.05, 3.63) is 35.9 Å². The molecule has 1 saturated carbocycles. The molecule has 1 nitrogen and oxygen atoms in total. The molecule has 0 amide bonds. The van der Waals surface area contributed by atoms with E-state index >= 15 is 0 Å². The van der Waals surface area contributed by atoms with Gasteiger partial charge in [0.2, 0.25) is 0 Å². The van der Waals surface area contributed by atoms with E-state index in [1.54, 1.807) is 0 Å². The standard InChI is InChI=1S/C19H28O/c1-2-3-4-9-14-18(20)19(15-10-6-11-16-19)17-12-7-5-8-13-17/h5,7-8,12-13H,2-4,6,9-11,14-16H2,1H3. The van der Waals surface area contributed by atoms with Crippen molar-refractivity contribution in [3.63, 3.8) is 0 Å². The Kier molecular flexibility index (Phi) is 5.82. The van der Waals surface area contributed by atoms with Gasteiger partial charge in [-0.2, -0.15) is 0 Å². The molecule has 0 N–H and O–H groups in total. The molecule has 0 unspecified atom stereocenters. The van der Waals surface area contributed by atoms with Crippen molar-refractivity contribution in [1.29, 1.82) is 0 Å². The van der Waals surface area contributed by atoms with Gasteiger partial charge in [-0.15, -0.1) is 0 Å². The summed E-state index contributed by atoms with van der Waals surface area (Å²) >= 11 is 0. The van der Waals surface area contributed by atoms with E-state index in [1.807, 2.05) is 6.07 Å². The summed E-state index contributed by atoms with van der Waals surface area (Å²) < 4.78 is 0. The molecule has 0 atom stereocenters. The third-order valence-corrected chi connectivity index (χ3v) is 4.82. The number of hydrogen-bond donors (Lipinski definition) is 0. The zero-order valence-electron chi connectivity index (χ0n) is 12.9. The van der Waals surface area contributed by atoms with Crippen LogP contribution in [0.2, 0.25) is 0 Å². The van der Waals surface area contributed by atoms with Gasteiger partial charge in [0.05, 0.1) is 5.41 Å². The van der Waals surface area contributed by atoms with E-state index in [0.717, 1.165) is 25.7 Å². The van der Waals surface area contributed by atoms with Crippen molar-refractivity contribution in [3.8, 4) is 0 Å². The van der Waals surface area contributed by atoms with Gasteiger partial charge in [-0.05, 0) is 24.8 Å². The lowest BCUT2D eigenvalue weighted by molar-refractivity contribution is -0.126. The Morgan fingerprint density at radius 3 is 2.35 bits per heavy atom. The van der Waals surface area contributed by atoms with E-state index in [2.05, 4.69) is 31.2 Å².